The number of carbonyl (C=O) groups is 1. The number of amides is 1. The Kier molecular flexibility index (Phi) is 6.52. The van der Waals surface area contributed by atoms with Gasteiger partial charge in [0.25, 0.3) is 5.91 Å². The molecule has 0 atom stereocenters. The van der Waals surface area contributed by atoms with Gasteiger partial charge in [-0.3, -0.25) is 4.79 Å². The van der Waals surface area contributed by atoms with Crippen molar-refractivity contribution in [1.29, 1.82) is 0 Å². The molecule has 6 nitrogen and oxygen atoms in total. The van der Waals surface area contributed by atoms with Crippen molar-refractivity contribution in [3.63, 3.8) is 0 Å². The van der Waals surface area contributed by atoms with Gasteiger partial charge < -0.3 is 19.1 Å². The van der Waals surface area contributed by atoms with Crippen LogP contribution in [0.3, 0.4) is 0 Å². The molecule has 0 aliphatic heterocycles. The fourth-order valence-electron chi connectivity index (χ4n) is 3.39. The third-order valence-corrected chi connectivity index (χ3v) is 5.28. The lowest BCUT2D eigenvalue weighted by Gasteiger charge is -2.22. The van der Waals surface area contributed by atoms with E-state index < -0.39 is 5.63 Å². The molecule has 1 N–H and O–H groups in total. The van der Waals surface area contributed by atoms with Gasteiger partial charge in [0, 0.05) is 31.1 Å². The van der Waals surface area contributed by atoms with Gasteiger partial charge in [-0.25, -0.2) is 4.79 Å². The van der Waals surface area contributed by atoms with Crippen molar-refractivity contribution in [1.82, 2.24) is 4.90 Å². The summed E-state index contributed by atoms with van der Waals surface area (Å²) in [6, 6.07) is 22.1. The lowest BCUT2D eigenvalue weighted by molar-refractivity contribution is 0.0709. The number of carbonyl (C=O) groups excluding carboxylic acids is 1. The SMILES string of the molecule is O=C(c1ccc(Br)o1)N(CCCNc1cc(=O)oc2ccccc12)Cc1ccccc1. The molecule has 0 aliphatic carbocycles. The Labute approximate surface area is 187 Å². The summed E-state index contributed by atoms with van der Waals surface area (Å²) in [5, 5.41) is 4.15. The van der Waals surface area contributed by atoms with Gasteiger partial charge in [0.15, 0.2) is 10.4 Å². The summed E-state index contributed by atoms with van der Waals surface area (Å²) in [6.07, 6.45) is 0.689. The number of nitrogens with one attached hydrogen (secondary N) is 1. The highest BCUT2D eigenvalue weighted by atomic mass is 79.9. The molecule has 2 heterocycles. The van der Waals surface area contributed by atoms with Gasteiger partial charge in [-0.1, -0.05) is 42.5 Å². The van der Waals surface area contributed by atoms with Crippen molar-refractivity contribution < 1.29 is 13.6 Å². The molecule has 0 spiro atoms. The van der Waals surface area contributed by atoms with E-state index in [0.717, 1.165) is 16.6 Å². The Morgan fingerprint density at radius 1 is 0.968 bits per heavy atom. The molecule has 7 heteroatoms. The highest BCUT2D eigenvalue weighted by Crippen LogP contribution is 2.21. The zero-order chi connectivity index (χ0) is 21.6. The minimum absolute atomic E-state index is 0.166. The van der Waals surface area contributed by atoms with Crippen LogP contribution in [0.2, 0.25) is 0 Å². The molecule has 31 heavy (non-hydrogen) atoms. The zero-order valence-corrected chi connectivity index (χ0v) is 18.3. The topological polar surface area (TPSA) is 75.7 Å². The quantitative estimate of drug-likeness (QED) is 0.273. The molecule has 0 saturated heterocycles. The van der Waals surface area contributed by atoms with Crippen molar-refractivity contribution in [2.24, 2.45) is 0 Å². The lowest BCUT2D eigenvalue weighted by Crippen LogP contribution is -2.32. The van der Waals surface area contributed by atoms with Gasteiger partial charge in [0.05, 0.1) is 5.69 Å². The maximum Gasteiger partial charge on any atom is 0.338 e. The molecule has 0 bridgehead atoms. The first-order valence-corrected chi connectivity index (χ1v) is 10.7. The lowest BCUT2D eigenvalue weighted by atomic mass is 10.2. The van der Waals surface area contributed by atoms with Gasteiger partial charge in [-0.2, -0.15) is 0 Å². The van der Waals surface area contributed by atoms with Crippen molar-refractivity contribution >= 4 is 38.5 Å². The standard InChI is InChI=1S/C24H21BrN2O4/c25-22-12-11-21(30-22)24(29)27(16-17-7-2-1-3-8-17)14-6-13-26-19-15-23(28)31-20-10-5-4-9-18(19)20/h1-5,7-12,15,26H,6,13-14,16H2. The van der Waals surface area contributed by atoms with Crippen LogP contribution in [0.25, 0.3) is 11.0 Å². The van der Waals surface area contributed by atoms with E-state index in [2.05, 4.69) is 21.2 Å². The molecule has 0 radical (unpaired) electrons. The molecule has 158 valence electrons. The third-order valence-electron chi connectivity index (χ3n) is 4.86. The van der Waals surface area contributed by atoms with E-state index in [1.165, 1.54) is 6.07 Å². The van der Waals surface area contributed by atoms with Crippen LogP contribution < -0.4 is 10.9 Å². The van der Waals surface area contributed by atoms with Gasteiger partial charge in [-0.15, -0.1) is 0 Å². The van der Waals surface area contributed by atoms with Crippen LogP contribution in [-0.2, 0) is 6.54 Å². The maximum atomic E-state index is 13.0. The number of hydrogen-bond acceptors (Lipinski definition) is 5. The van der Waals surface area contributed by atoms with E-state index in [1.54, 1.807) is 23.1 Å². The summed E-state index contributed by atoms with van der Waals surface area (Å²) in [7, 11) is 0. The third kappa shape index (κ3) is 5.24. The molecule has 0 aliphatic rings. The number of furan rings is 1. The summed E-state index contributed by atoms with van der Waals surface area (Å²) in [6.45, 7) is 1.60. The van der Waals surface area contributed by atoms with Gasteiger partial charge >= 0.3 is 5.63 Å². The number of hydrogen-bond donors (Lipinski definition) is 1. The minimum Gasteiger partial charge on any atom is -0.444 e. The van der Waals surface area contributed by atoms with Crippen LogP contribution >= 0.6 is 15.9 Å². The molecule has 0 fully saturated rings. The van der Waals surface area contributed by atoms with Crippen molar-refractivity contribution in [2.45, 2.75) is 13.0 Å². The molecule has 0 unspecified atom stereocenters. The highest BCUT2D eigenvalue weighted by molar-refractivity contribution is 9.10. The number of fused-ring (bicyclic) bond motifs is 1. The van der Waals surface area contributed by atoms with E-state index in [-0.39, 0.29) is 5.91 Å². The van der Waals surface area contributed by atoms with Gasteiger partial charge in [-0.05, 0) is 52.2 Å². The number of halogens is 1. The molecule has 0 saturated carbocycles. The van der Waals surface area contributed by atoms with Crippen LogP contribution in [0.5, 0.6) is 0 Å². The number of para-hydroxylation sites is 1. The maximum absolute atomic E-state index is 13.0. The van der Waals surface area contributed by atoms with Crippen molar-refractivity contribution in [3.8, 4) is 0 Å². The number of benzene rings is 2. The predicted molar refractivity (Wildman–Crippen MR) is 123 cm³/mol. The van der Waals surface area contributed by atoms with E-state index in [4.69, 9.17) is 8.83 Å². The second kappa shape index (κ2) is 9.66. The van der Waals surface area contributed by atoms with Crippen molar-refractivity contribution in [2.75, 3.05) is 18.4 Å². The van der Waals surface area contributed by atoms with E-state index >= 15 is 0 Å². The first-order chi connectivity index (χ1) is 15.1. The minimum atomic E-state index is -0.398. The molecular formula is C24H21BrN2O4. The smallest absolute Gasteiger partial charge is 0.338 e. The second-order valence-electron chi connectivity index (χ2n) is 7.07. The average molecular weight is 481 g/mol. The molecule has 2 aromatic heterocycles. The molecule has 4 rings (SSSR count). The molecular weight excluding hydrogens is 460 g/mol. The Morgan fingerprint density at radius 2 is 1.74 bits per heavy atom. The van der Waals surface area contributed by atoms with Crippen LogP contribution in [0, 0.1) is 0 Å². The number of nitrogens with zero attached hydrogens (tertiary/aromatic N) is 1. The Bertz CT molecular complexity index is 1230. The average Bonchev–Trinajstić information content (AvgIpc) is 3.22. The Hall–Kier alpha value is -3.32. The fraction of sp³-hybridized carbons (Fsp3) is 0.167. The van der Waals surface area contributed by atoms with Crippen LogP contribution in [0.1, 0.15) is 22.5 Å². The summed E-state index contributed by atoms with van der Waals surface area (Å²) in [5.41, 5.74) is 1.91. The predicted octanol–water partition coefficient (Wildman–Crippen LogP) is 5.29. The summed E-state index contributed by atoms with van der Waals surface area (Å²) >= 11 is 3.25. The monoisotopic (exact) mass is 480 g/mol. The van der Waals surface area contributed by atoms with Crippen LogP contribution in [0.4, 0.5) is 5.69 Å². The summed E-state index contributed by atoms with van der Waals surface area (Å²) in [5.74, 6) is 0.128. The Balaban J connectivity index is 1.44. The fourth-order valence-corrected chi connectivity index (χ4v) is 3.70. The normalized spacial score (nSPS) is 10.9. The number of anilines is 1. The van der Waals surface area contributed by atoms with Gasteiger partial charge in [0.1, 0.15) is 5.58 Å². The summed E-state index contributed by atoms with van der Waals surface area (Å²) < 4.78 is 11.2. The zero-order valence-electron chi connectivity index (χ0n) is 16.7. The molecule has 2 aromatic carbocycles. The van der Waals surface area contributed by atoms with Crippen molar-refractivity contribution in [3.05, 3.63) is 99.2 Å². The van der Waals surface area contributed by atoms with Crippen LogP contribution in [0.15, 0.2) is 91.1 Å². The van der Waals surface area contributed by atoms with E-state index in [9.17, 15) is 9.59 Å². The largest absolute Gasteiger partial charge is 0.444 e. The van der Waals surface area contributed by atoms with E-state index in [0.29, 0.717) is 42.1 Å². The van der Waals surface area contributed by atoms with Gasteiger partial charge in [0.2, 0.25) is 0 Å². The molecule has 1 amide bonds. The Morgan fingerprint density at radius 3 is 2.52 bits per heavy atom. The first kappa shape index (κ1) is 20.9. The first-order valence-electron chi connectivity index (χ1n) is 9.95. The van der Waals surface area contributed by atoms with Crippen LogP contribution in [-0.4, -0.2) is 23.9 Å². The van der Waals surface area contributed by atoms with E-state index in [1.807, 2.05) is 48.5 Å². The number of rotatable bonds is 8. The second-order valence-corrected chi connectivity index (χ2v) is 7.85. The highest BCUT2D eigenvalue weighted by Gasteiger charge is 2.19. The molecule has 4 aromatic rings. The summed E-state index contributed by atoms with van der Waals surface area (Å²) in [4.78, 5) is 26.6.